The molecule has 0 saturated carbocycles. The van der Waals surface area contributed by atoms with Gasteiger partial charge >= 0.3 is 5.97 Å². The minimum absolute atomic E-state index is 0.215. The first kappa shape index (κ1) is 14.6. The fourth-order valence-electron chi connectivity index (χ4n) is 2.15. The van der Waals surface area contributed by atoms with E-state index in [1.54, 1.807) is 24.3 Å². The zero-order valence-corrected chi connectivity index (χ0v) is 11.9. The molecule has 0 spiro atoms. The van der Waals surface area contributed by atoms with E-state index >= 15 is 0 Å². The highest BCUT2D eigenvalue weighted by Gasteiger charge is 2.25. The second-order valence-electron chi connectivity index (χ2n) is 4.60. The Balaban J connectivity index is 2.17. The molecule has 0 saturated heterocycles. The highest BCUT2D eigenvalue weighted by molar-refractivity contribution is 6.30. The number of benzene rings is 1. The quantitative estimate of drug-likeness (QED) is 0.869. The van der Waals surface area contributed by atoms with Crippen LogP contribution in [0.1, 0.15) is 30.9 Å². The first-order valence-electron chi connectivity index (χ1n) is 6.45. The van der Waals surface area contributed by atoms with Crippen LogP contribution in [-0.2, 0) is 14.3 Å². The molecule has 5 heteroatoms. The van der Waals surface area contributed by atoms with Gasteiger partial charge in [-0.25, -0.2) is 4.79 Å². The number of allylic oxidation sites excluding steroid dienone is 1. The summed E-state index contributed by atoms with van der Waals surface area (Å²) in [6.07, 6.45) is 4.55. The smallest absolute Gasteiger partial charge is 0.333 e. The Morgan fingerprint density at radius 1 is 1.30 bits per heavy atom. The summed E-state index contributed by atoms with van der Waals surface area (Å²) in [6.45, 7) is 0. The van der Waals surface area contributed by atoms with Gasteiger partial charge in [0, 0.05) is 10.6 Å². The Bertz CT molecular complexity index is 537. The predicted molar refractivity (Wildman–Crippen MR) is 76.3 cm³/mol. The fourth-order valence-corrected chi connectivity index (χ4v) is 2.28. The summed E-state index contributed by atoms with van der Waals surface area (Å²) < 4.78 is 4.75. The normalized spacial score (nSPS) is 15.4. The summed E-state index contributed by atoms with van der Waals surface area (Å²) in [5.41, 5.74) is 1.38. The number of carbonyl (C=O) groups is 2. The largest absolute Gasteiger partial charge is 0.467 e. The van der Waals surface area contributed by atoms with Crippen LogP contribution in [0.4, 0.5) is 0 Å². The zero-order chi connectivity index (χ0) is 14.5. The highest BCUT2D eigenvalue weighted by Crippen LogP contribution is 2.21. The molecule has 1 amide bonds. The number of hydrogen-bond acceptors (Lipinski definition) is 3. The minimum Gasteiger partial charge on any atom is -0.467 e. The third kappa shape index (κ3) is 3.39. The molecule has 1 aliphatic carbocycles. The second-order valence-corrected chi connectivity index (χ2v) is 5.04. The summed E-state index contributed by atoms with van der Waals surface area (Å²) in [6, 6.07) is 5.94. The van der Waals surface area contributed by atoms with Crippen LogP contribution >= 0.6 is 11.6 Å². The summed E-state index contributed by atoms with van der Waals surface area (Å²) in [5.74, 6) is -0.716. The molecule has 1 N–H and O–H groups in total. The Morgan fingerprint density at radius 2 is 2.00 bits per heavy atom. The van der Waals surface area contributed by atoms with Gasteiger partial charge in [0.1, 0.15) is 0 Å². The SMILES string of the molecule is COC(=O)[C@H](NC(=O)C1=CCCC1)c1ccc(Cl)cc1. The number of amides is 1. The van der Waals surface area contributed by atoms with E-state index < -0.39 is 12.0 Å². The molecular formula is C15H16ClNO3. The summed E-state index contributed by atoms with van der Waals surface area (Å²) in [4.78, 5) is 24.0. The van der Waals surface area contributed by atoms with E-state index in [2.05, 4.69) is 5.32 Å². The van der Waals surface area contributed by atoms with Gasteiger partial charge in [-0.2, -0.15) is 0 Å². The Morgan fingerprint density at radius 3 is 2.55 bits per heavy atom. The van der Waals surface area contributed by atoms with E-state index in [0.717, 1.165) is 24.8 Å². The molecule has 4 nitrogen and oxygen atoms in total. The lowest BCUT2D eigenvalue weighted by Gasteiger charge is -2.17. The average molecular weight is 294 g/mol. The van der Waals surface area contributed by atoms with E-state index in [1.807, 2.05) is 6.08 Å². The molecule has 0 unspecified atom stereocenters. The van der Waals surface area contributed by atoms with E-state index in [9.17, 15) is 9.59 Å². The van der Waals surface area contributed by atoms with Crippen molar-refractivity contribution in [1.29, 1.82) is 0 Å². The lowest BCUT2D eigenvalue weighted by molar-refractivity contribution is -0.144. The molecular weight excluding hydrogens is 278 g/mol. The van der Waals surface area contributed by atoms with E-state index in [-0.39, 0.29) is 5.91 Å². The molecule has 1 aromatic carbocycles. The Labute approximate surface area is 122 Å². The molecule has 0 heterocycles. The van der Waals surface area contributed by atoms with Gasteiger partial charge in [0.15, 0.2) is 6.04 Å². The number of rotatable bonds is 4. The van der Waals surface area contributed by atoms with Crippen molar-refractivity contribution in [2.75, 3.05) is 7.11 Å². The maximum atomic E-state index is 12.1. The van der Waals surface area contributed by atoms with Crippen molar-refractivity contribution in [3.8, 4) is 0 Å². The van der Waals surface area contributed by atoms with E-state index in [0.29, 0.717) is 10.6 Å². The predicted octanol–water partition coefficient (Wildman–Crippen LogP) is 2.78. The van der Waals surface area contributed by atoms with Crippen molar-refractivity contribution in [3.05, 3.63) is 46.5 Å². The van der Waals surface area contributed by atoms with Crippen LogP contribution in [-0.4, -0.2) is 19.0 Å². The number of esters is 1. The number of carbonyl (C=O) groups excluding carboxylic acids is 2. The number of halogens is 1. The van der Waals surface area contributed by atoms with Gasteiger partial charge in [0.2, 0.25) is 5.91 Å². The van der Waals surface area contributed by atoms with Gasteiger partial charge in [0.05, 0.1) is 7.11 Å². The van der Waals surface area contributed by atoms with Crippen molar-refractivity contribution >= 4 is 23.5 Å². The standard InChI is InChI=1S/C15H16ClNO3/c1-20-15(19)13(10-6-8-12(16)9-7-10)17-14(18)11-4-2-3-5-11/h4,6-9,13H,2-3,5H2,1H3,(H,17,18)/t13-/m1/s1. The summed E-state index contributed by atoms with van der Waals surface area (Å²) in [7, 11) is 1.30. The van der Waals surface area contributed by atoms with Gasteiger partial charge < -0.3 is 10.1 Å². The molecule has 106 valence electrons. The molecule has 1 aliphatic rings. The lowest BCUT2D eigenvalue weighted by Crippen LogP contribution is -2.35. The van der Waals surface area contributed by atoms with Crippen molar-refractivity contribution in [2.24, 2.45) is 0 Å². The number of methoxy groups -OCH3 is 1. The first-order valence-corrected chi connectivity index (χ1v) is 6.83. The summed E-state index contributed by atoms with van der Waals surface area (Å²) in [5, 5.41) is 3.29. The molecule has 0 aliphatic heterocycles. The third-order valence-electron chi connectivity index (χ3n) is 3.25. The van der Waals surface area contributed by atoms with Gasteiger partial charge in [-0.15, -0.1) is 0 Å². The highest BCUT2D eigenvalue weighted by atomic mass is 35.5. The maximum absolute atomic E-state index is 12.1. The van der Waals surface area contributed by atoms with Crippen LogP contribution in [0.5, 0.6) is 0 Å². The van der Waals surface area contributed by atoms with Crippen molar-refractivity contribution in [2.45, 2.75) is 25.3 Å². The number of hydrogen-bond donors (Lipinski definition) is 1. The van der Waals surface area contributed by atoms with Gasteiger partial charge in [-0.1, -0.05) is 29.8 Å². The molecule has 0 fully saturated rings. The van der Waals surface area contributed by atoms with Crippen LogP contribution in [0.3, 0.4) is 0 Å². The molecule has 0 bridgehead atoms. The number of nitrogens with one attached hydrogen (secondary N) is 1. The second kappa shape index (κ2) is 6.57. The summed E-state index contributed by atoms with van der Waals surface area (Å²) >= 11 is 5.83. The van der Waals surface area contributed by atoms with E-state index in [4.69, 9.17) is 16.3 Å². The Hall–Kier alpha value is -1.81. The molecule has 20 heavy (non-hydrogen) atoms. The Kier molecular flexibility index (Phi) is 4.79. The van der Waals surface area contributed by atoms with Gasteiger partial charge in [-0.05, 0) is 37.0 Å². The minimum atomic E-state index is -0.814. The molecule has 0 aromatic heterocycles. The molecule has 1 aromatic rings. The van der Waals surface area contributed by atoms with Crippen molar-refractivity contribution in [3.63, 3.8) is 0 Å². The van der Waals surface area contributed by atoms with Crippen LogP contribution in [0.2, 0.25) is 5.02 Å². The lowest BCUT2D eigenvalue weighted by atomic mass is 10.1. The van der Waals surface area contributed by atoms with E-state index in [1.165, 1.54) is 7.11 Å². The van der Waals surface area contributed by atoms with Crippen LogP contribution in [0.25, 0.3) is 0 Å². The van der Waals surface area contributed by atoms with Crippen molar-refractivity contribution in [1.82, 2.24) is 5.32 Å². The first-order chi connectivity index (χ1) is 9.61. The van der Waals surface area contributed by atoms with Gasteiger partial charge in [0.25, 0.3) is 0 Å². The third-order valence-corrected chi connectivity index (χ3v) is 3.50. The maximum Gasteiger partial charge on any atom is 0.333 e. The molecule has 0 radical (unpaired) electrons. The van der Waals surface area contributed by atoms with Crippen LogP contribution in [0.15, 0.2) is 35.9 Å². The topological polar surface area (TPSA) is 55.4 Å². The molecule has 2 rings (SSSR count). The zero-order valence-electron chi connectivity index (χ0n) is 11.2. The average Bonchev–Trinajstić information content (AvgIpc) is 2.99. The van der Waals surface area contributed by atoms with Crippen LogP contribution in [0, 0.1) is 0 Å². The van der Waals surface area contributed by atoms with Crippen molar-refractivity contribution < 1.29 is 14.3 Å². The number of ether oxygens (including phenoxy) is 1. The van der Waals surface area contributed by atoms with Crippen LogP contribution < -0.4 is 5.32 Å². The fraction of sp³-hybridized carbons (Fsp3) is 0.333. The van der Waals surface area contributed by atoms with Gasteiger partial charge in [-0.3, -0.25) is 4.79 Å². The monoisotopic (exact) mass is 293 g/mol. The molecule has 1 atom stereocenters.